The molecule has 132 valence electrons. The first kappa shape index (κ1) is 16.9. The summed E-state index contributed by atoms with van der Waals surface area (Å²) in [5, 5.41) is 9.26. The number of esters is 1. The normalized spacial score (nSPS) is 14.6. The van der Waals surface area contributed by atoms with Crippen LogP contribution in [0.3, 0.4) is 0 Å². The van der Waals surface area contributed by atoms with Gasteiger partial charge in [0.1, 0.15) is 5.01 Å². The van der Waals surface area contributed by atoms with Gasteiger partial charge < -0.3 is 10.1 Å². The van der Waals surface area contributed by atoms with Crippen LogP contribution in [-0.2, 0) is 9.53 Å². The van der Waals surface area contributed by atoms with Crippen molar-refractivity contribution in [3.05, 3.63) is 63.8 Å². The van der Waals surface area contributed by atoms with Crippen molar-refractivity contribution in [3.63, 3.8) is 0 Å². The van der Waals surface area contributed by atoms with Gasteiger partial charge in [-0.2, -0.15) is 11.3 Å². The van der Waals surface area contributed by atoms with Crippen molar-refractivity contribution in [2.24, 2.45) is 0 Å². The van der Waals surface area contributed by atoms with Crippen molar-refractivity contribution in [2.45, 2.75) is 25.0 Å². The smallest absolute Gasteiger partial charge is 0.358 e. The van der Waals surface area contributed by atoms with Crippen LogP contribution in [0.25, 0.3) is 10.6 Å². The lowest BCUT2D eigenvalue weighted by Gasteiger charge is -2.17. The van der Waals surface area contributed by atoms with Crippen LogP contribution >= 0.6 is 22.7 Å². The molecule has 5 nitrogen and oxygen atoms in total. The first-order valence-electron chi connectivity index (χ1n) is 8.25. The summed E-state index contributed by atoms with van der Waals surface area (Å²) in [6.07, 6.45) is 0.963. The standard InChI is InChI=1S/C19H16N2O3S2/c22-17(20-14-6-7-14)16(12-4-2-1-3-5-12)24-19(23)15-11-26-18(21-15)13-8-9-25-10-13/h1-5,8-11,14,16H,6-7H2,(H,20,22). The maximum absolute atomic E-state index is 12.6. The fraction of sp³-hybridized carbons (Fsp3) is 0.211. The monoisotopic (exact) mass is 384 g/mol. The lowest BCUT2D eigenvalue weighted by Crippen LogP contribution is -2.33. The third-order valence-electron chi connectivity index (χ3n) is 3.97. The molecule has 2 heterocycles. The third-order valence-corrected chi connectivity index (χ3v) is 5.55. The fourth-order valence-electron chi connectivity index (χ4n) is 2.46. The number of amides is 1. The maximum atomic E-state index is 12.6. The highest BCUT2D eigenvalue weighted by Crippen LogP contribution is 2.28. The Morgan fingerprint density at radius 2 is 1.96 bits per heavy atom. The first-order valence-corrected chi connectivity index (χ1v) is 10.1. The molecule has 4 rings (SSSR count). The molecule has 1 aliphatic rings. The van der Waals surface area contributed by atoms with Crippen molar-refractivity contribution in [3.8, 4) is 10.6 Å². The van der Waals surface area contributed by atoms with Crippen LogP contribution in [0.5, 0.6) is 0 Å². The molecule has 1 aliphatic carbocycles. The molecular formula is C19H16N2O3S2. The Balaban J connectivity index is 1.53. The SMILES string of the molecule is O=C(OC(C(=O)NC1CC1)c1ccccc1)c1csc(-c2ccsc2)n1. The van der Waals surface area contributed by atoms with Crippen LogP contribution in [-0.4, -0.2) is 22.9 Å². The Bertz CT molecular complexity index is 902. The molecule has 1 amide bonds. The molecule has 0 bridgehead atoms. The number of thiazole rings is 1. The molecule has 0 aliphatic heterocycles. The number of ether oxygens (including phenoxy) is 1. The number of hydrogen-bond donors (Lipinski definition) is 1. The molecule has 1 atom stereocenters. The molecule has 3 aromatic rings. The summed E-state index contributed by atoms with van der Waals surface area (Å²) in [7, 11) is 0. The first-order chi connectivity index (χ1) is 12.7. The molecule has 0 spiro atoms. The van der Waals surface area contributed by atoms with Gasteiger partial charge in [-0.15, -0.1) is 11.3 Å². The topological polar surface area (TPSA) is 68.3 Å². The highest BCUT2D eigenvalue weighted by Gasteiger charge is 2.31. The van der Waals surface area contributed by atoms with Gasteiger partial charge in [0.15, 0.2) is 5.69 Å². The van der Waals surface area contributed by atoms with E-state index in [0.717, 1.165) is 23.4 Å². The van der Waals surface area contributed by atoms with Gasteiger partial charge in [0.25, 0.3) is 5.91 Å². The van der Waals surface area contributed by atoms with E-state index in [1.54, 1.807) is 28.8 Å². The van der Waals surface area contributed by atoms with Crippen molar-refractivity contribution in [1.82, 2.24) is 10.3 Å². The summed E-state index contributed by atoms with van der Waals surface area (Å²) in [5.74, 6) is -0.886. The minimum atomic E-state index is -0.976. The summed E-state index contributed by atoms with van der Waals surface area (Å²) in [4.78, 5) is 29.5. The van der Waals surface area contributed by atoms with Gasteiger partial charge in [0.05, 0.1) is 0 Å². The molecule has 0 radical (unpaired) electrons. The number of nitrogens with one attached hydrogen (secondary N) is 1. The highest BCUT2D eigenvalue weighted by atomic mass is 32.1. The van der Waals surface area contributed by atoms with Crippen LogP contribution in [0.4, 0.5) is 0 Å². The largest absolute Gasteiger partial charge is 0.443 e. The zero-order valence-corrected chi connectivity index (χ0v) is 15.4. The summed E-state index contributed by atoms with van der Waals surface area (Å²) >= 11 is 2.95. The van der Waals surface area contributed by atoms with Crippen molar-refractivity contribution in [1.29, 1.82) is 0 Å². The van der Waals surface area contributed by atoms with Crippen LogP contribution < -0.4 is 5.32 Å². The third kappa shape index (κ3) is 3.84. The van der Waals surface area contributed by atoms with Crippen LogP contribution in [0.1, 0.15) is 35.0 Å². The number of hydrogen-bond acceptors (Lipinski definition) is 6. The number of thiophene rings is 1. The van der Waals surface area contributed by atoms with E-state index < -0.39 is 12.1 Å². The Kier molecular flexibility index (Phi) is 4.81. The zero-order chi connectivity index (χ0) is 17.9. The van der Waals surface area contributed by atoms with E-state index in [0.29, 0.717) is 5.56 Å². The minimum absolute atomic E-state index is 0.192. The second-order valence-electron chi connectivity index (χ2n) is 6.03. The predicted molar refractivity (Wildman–Crippen MR) is 101 cm³/mol. The lowest BCUT2D eigenvalue weighted by atomic mass is 10.1. The molecule has 1 aromatic carbocycles. The van der Waals surface area contributed by atoms with E-state index in [1.165, 1.54) is 11.3 Å². The number of benzene rings is 1. The molecular weight excluding hydrogens is 368 g/mol. The molecule has 2 aromatic heterocycles. The summed E-state index contributed by atoms with van der Waals surface area (Å²) in [6.45, 7) is 0. The number of aromatic nitrogens is 1. The fourth-order valence-corrected chi connectivity index (χ4v) is 3.96. The van der Waals surface area contributed by atoms with Gasteiger partial charge in [-0.1, -0.05) is 30.3 Å². The molecule has 1 N–H and O–H groups in total. The Hall–Kier alpha value is -2.51. The van der Waals surface area contributed by atoms with Gasteiger partial charge in [0.2, 0.25) is 6.10 Å². The number of nitrogens with zero attached hydrogens (tertiary/aromatic N) is 1. The van der Waals surface area contributed by atoms with Crippen LogP contribution in [0.15, 0.2) is 52.5 Å². The molecule has 0 saturated heterocycles. The van der Waals surface area contributed by atoms with Crippen molar-refractivity contribution >= 4 is 34.6 Å². The summed E-state index contributed by atoms with van der Waals surface area (Å²) in [5.41, 5.74) is 1.84. The Morgan fingerprint density at radius 3 is 2.65 bits per heavy atom. The zero-order valence-electron chi connectivity index (χ0n) is 13.8. The number of rotatable bonds is 6. The molecule has 1 unspecified atom stereocenters. The summed E-state index contributed by atoms with van der Waals surface area (Å²) < 4.78 is 5.54. The van der Waals surface area contributed by atoms with Gasteiger partial charge >= 0.3 is 5.97 Å². The van der Waals surface area contributed by atoms with Crippen molar-refractivity contribution < 1.29 is 14.3 Å². The molecule has 1 saturated carbocycles. The second-order valence-corrected chi connectivity index (χ2v) is 7.67. The molecule has 7 heteroatoms. The highest BCUT2D eigenvalue weighted by molar-refractivity contribution is 7.14. The second kappa shape index (κ2) is 7.39. The van der Waals surface area contributed by atoms with E-state index in [-0.39, 0.29) is 17.6 Å². The minimum Gasteiger partial charge on any atom is -0.443 e. The number of carbonyl (C=O) groups is 2. The van der Waals surface area contributed by atoms with Crippen LogP contribution in [0, 0.1) is 0 Å². The van der Waals surface area contributed by atoms with Crippen molar-refractivity contribution in [2.75, 3.05) is 0 Å². The maximum Gasteiger partial charge on any atom is 0.358 e. The average Bonchev–Trinajstić information content (AvgIpc) is 3.14. The lowest BCUT2D eigenvalue weighted by molar-refractivity contribution is -0.130. The van der Waals surface area contributed by atoms with Gasteiger partial charge in [-0.25, -0.2) is 9.78 Å². The predicted octanol–water partition coefficient (Wildman–Crippen LogP) is 4.05. The van der Waals surface area contributed by atoms with E-state index in [9.17, 15) is 9.59 Å². The quantitative estimate of drug-likeness (QED) is 0.651. The van der Waals surface area contributed by atoms with Gasteiger partial charge in [0, 0.05) is 27.9 Å². The van der Waals surface area contributed by atoms with E-state index in [4.69, 9.17) is 4.74 Å². The number of carbonyl (C=O) groups excluding carboxylic acids is 2. The average molecular weight is 384 g/mol. The van der Waals surface area contributed by atoms with E-state index in [2.05, 4.69) is 10.3 Å². The van der Waals surface area contributed by atoms with Crippen LogP contribution in [0.2, 0.25) is 0 Å². The van der Waals surface area contributed by atoms with E-state index in [1.807, 2.05) is 35.0 Å². The van der Waals surface area contributed by atoms with Gasteiger partial charge in [-0.05, 0) is 24.3 Å². The van der Waals surface area contributed by atoms with E-state index >= 15 is 0 Å². The summed E-state index contributed by atoms with van der Waals surface area (Å²) in [6, 6.07) is 11.2. The molecule has 26 heavy (non-hydrogen) atoms. The Morgan fingerprint density at radius 1 is 1.15 bits per heavy atom. The molecule has 1 fully saturated rings. The van der Waals surface area contributed by atoms with Gasteiger partial charge in [-0.3, -0.25) is 4.79 Å². The Labute approximate surface area is 158 Å².